The van der Waals surface area contributed by atoms with Crippen LogP contribution in [0.25, 0.3) is 0 Å². The van der Waals surface area contributed by atoms with E-state index in [0.29, 0.717) is 5.56 Å². The van der Waals surface area contributed by atoms with Crippen LogP contribution in [0.1, 0.15) is 27.8 Å². The lowest BCUT2D eigenvalue weighted by Crippen LogP contribution is -2.38. The molecule has 4 nitrogen and oxygen atoms in total. The van der Waals surface area contributed by atoms with Gasteiger partial charge >= 0.3 is 0 Å². The maximum absolute atomic E-state index is 11.9. The molecule has 0 fully saturated rings. The third-order valence-corrected chi connectivity index (χ3v) is 2.54. The molecule has 1 aromatic heterocycles. The molecule has 0 saturated carbocycles. The molecule has 0 bridgehead atoms. The minimum Gasteiger partial charge on any atom is -0.461 e. The largest absolute Gasteiger partial charge is 0.461 e. The highest BCUT2D eigenvalue weighted by molar-refractivity contribution is 6.02. The summed E-state index contributed by atoms with van der Waals surface area (Å²) in [5.41, 5.74) is 0.525. The van der Waals surface area contributed by atoms with E-state index in [4.69, 9.17) is 4.42 Å². The summed E-state index contributed by atoms with van der Waals surface area (Å²) < 4.78 is 5.00. The Morgan fingerprint density at radius 2 is 1.83 bits per heavy atom. The number of rotatable bonds is 4. The van der Waals surface area contributed by atoms with E-state index in [2.05, 4.69) is 5.32 Å². The monoisotopic (exact) mass is 243 g/mol. The molecule has 1 N–H and O–H groups in total. The highest BCUT2D eigenvalue weighted by Crippen LogP contribution is 2.05. The highest BCUT2D eigenvalue weighted by Gasteiger charge is 2.19. The van der Waals surface area contributed by atoms with E-state index >= 15 is 0 Å². The van der Waals surface area contributed by atoms with Crippen LogP contribution in [-0.4, -0.2) is 17.7 Å². The molecule has 2 aromatic rings. The van der Waals surface area contributed by atoms with Crippen molar-refractivity contribution in [2.75, 3.05) is 0 Å². The summed E-state index contributed by atoms with van der Waals surface area (Å²) in [4.78, 5) is 23.7. The molecule has 0 aliphatic heterocycles. The average molecular weight is 243 g/mol. The Labute approximate surface area is 105 Å². The first kappa shape index (κ1) is 12.1. The molecule has 0 saturated heterocycles. The SMILES string of the molecule is CC(NC(=O)c1ccccc1)C(=O)c1ccco1. The van der Waals surface area contributed by atoms with E-state index in [9.17, 15) is 9.59 Å². The first-order valence-electron chi connectivity index (χ1n) is 5.62. The number of amides is 1. The van der Waals surface area contributed by atoms with Gasteiger partial charge in [-0.15, -0.1) is 0 Å². The van der Waals surface area contributed by atoms with Gasteiger partial charge < -0.3 is 9.73 Å². The zero-order chi connectivity index (χ0) is 13.0. The number of furan rings is 1. The maximum atomic E-state index is 11.9. The number of carbonyl (C=O) groups is 2. The number of carbonyl (C=O) groups excluding carboxylic acids is 2. The van der Waals surface area contributed by atoms with Crippen molar-refractivity contribution in [3.63, 3.8) is 0 Å². The smallest absolute Gasteiger partial charge is 0.251 e. The highest BCUT2D eigenvalue weighted by atomic mass is 16.3. The van der Waals surface area contributed by atoms with Crippen molar-refractivity contribution >= 4 is 11.7 Å². The van der Waals surface area contributed by atoms with Gasteiger partial charge in [0.1, 0.15) is 0 Å². The minimum absolute atomic E-state index is 0.246. The van der Waals surface area contributed by atoms with Crippen molar-refractivity contribution in [2.24, 2.45) is 0 Å². The van der Waals surface area contributed by atoms with Gasteiger partial charge in [0.15, 0.2) is 5.76 Å². The number of benzene rings is 1. The van der Waals surface area contributed by atoms with Crippen LogP contribution >= 0.6 is 0 Å². The van der Waals surface area contributed by atoms with Gasteiger partial charge in [-0.25, -0.2) is 0 Å². The minimum atomic E-state index is -0.621. The van der Waals surface area contributed by atoms with Crippen LogP contribution in [0.15, 0.2) is 53.1 Å². The molecule has 2 rings (SSSR count). The third-order valence-electron chi connectivity index (χ3n) is 2.54. The molecule has 0 aliphatic carbocycles. The van der Waals surface area contributed by atoms with Crippen LogP contribution in [0.4, 0.5) is 0 Å². The van der Waals surface area contributed by atoms with Gasteiger partial charge in [-0.2, -0.15) is 0 Å². The average Bonchev–Trinajstić information content (AvgIpc) is 2.92. The van der Waals surface area contributed by atoms with Gasteiger partial charge in [0.05, 0.1) is 12.3 Å². The molecule has 1 unspecified atom stereocenters. The van der Waals surface area contributed by atoms with Crippen LogP contribution < -0.4 is 5.32 Å². The predicted molar refractivity (Wildman–Crippen MR) is 66.4 cm³/mol. The van der Waals surface area contributed by atoms with Crippen molar-refractivity contribution in [1.29, 1.82) is 0 Å². The van der Waals surface area contributed by atoms with E-state index in [1.54, 1.807) is 43.3 Å². The van der Waals surface area contributed by atoms with E-state index in [1.807, 2.05) is 6.07 Å². The van der Waals surface area contributed by atoms with Gasteiger partial charge in [0, 0.05) is 5.56 Å². The third kappa shape index (κ3) is 2.66. The second kappa shape index (κ2) is 5.31. The fraction of sp³-hybridized carbons (Fsp3) is 0.143. The predicted octanol–water partition coefficient (Wildman–Crippen LogP) is 2.28. The molecule has 1 aromatic carbocycles. The van der Waals surface area contributed by atoms with Gasteiger partial charge in [-0.05, 0) is 31.2 Å². The van der Waals surface area contributed by atoms with Crippen LogP contribution in [0, 0.1) is 0 Å². The second-order valence-corrected chi connectivity index (χ2v) is 3.90. The molecule has 4 heteroatoms. The summed E-state index contributed by atoms with van der Waals surface area (Å²) in [5, 5.41) is 2.64. The van der Waals surface area contributed by atoms with Crippen LogP contribution in [-0.2, 0) is 0 Å². The Hall–Kier alpha value is -2.36. The van der Waals surface area contributed by atoms with E-state index in [1.165, 1.54) is 6.26 Å². The Kier molecular flexibility index (Phi) is 3.57. The molecule has 0 spiro atoms. The Balaban J connectivity index is 2.02. The Morgan fingerprint density at radius 1 is 1.11 bits per heavy atom. The van der Waals surface area contributed by atoms with Gasteiger partial charge in [0.2, 0.25) is 5.78 Å². The molecule has 0 aliphatic rings. The summed E-state index contributed by atoms with van der Waals surface area (Å²) in [6, 6.07) is 11.4. The van der Waals surface area contributed by atoms with Crippen molar-refractivity contribution < 1.29 is 14.0 Å². The lowest BCUT2D eigenvalue weighted by atomic mass is 10.1. The number of hydrogen-bond acceptors (Lipinski definition) is 3. The van der Waals surface area contributed by atoms with E-state index in [0.717, 1.165) is 0 Å². The van der Waals surface area contributed by atoms with Crippen LogP contribution in [0.3, 0.4) is 0 Å². The topological polar surface area (TPSA) is 59.3 Å². The Morgan fingerprint density at radius 3 is 2.44 bits per heavy atom. The molecule has 1 atom stereocenters. The quantitative estimate of drug-likeness (QED) is 0.838. The van der Waals surface area contributed by atoms with Gasteiger partial charge in [-0.1, -0.05) is 18.2 Å². The summed E-state index contributed by atoms with van der Waals surface area (Å²) >= 11 is 0. The zero-order valence-electron chi connectivity index (χ0n) is 9.92. The molecule has 18 heavy (non-hydrogen) atoms. The molecule has 1 heterocycles. The lowest BCUT2D eigenvalue weighted by molar-refractivity contribution is 0.0851. The van der Waals surface area contributed by atoms with Crippen molar-refractivity contribution in [2.45, 2.75) is 13.0 Å². The molecular weight excluding hydrogens is 230 g/mol. The summed E-state index contributed by atoms with van der Waals surface area (Å²) in [6.45, 7) is 1.63. The number of Topliss-reactive ketones (excluding diaryl/α,β-unsaturated/α-hetero) is 1. The normalized spacial score (nSPS) is 11.8. The van der Waals surface area contributed by atoms with Crippen molar-refractivity contribution in [3.8, 4) is 0 Å². The maximum Gasteiger partial charge on any atom is 0.251 e. The van der Waals surface area contributed by atoms with Crippen LogP contribution in [0.5, 0.6) is 0 Å². The zero-order valence-corrected chi connectivity index (χ0v) is 9.92. The molecule has 1 amide bonds. The first-order valence-corrected chi connectivity index (χ1v) is 5.62. The first-order chi connectivity index (χ1) is 8.68. The number of nitrogens with one attached hydrogen (secondary N) is 1. The fourth-order valence-corrected chi connectivity index (χ4v) is 1.57. The number of ketones is 1. The van der Waals surface area contributed by atoms with E-state index in [-0.39, 0.29) is 17.5 Å². The summed E-state index contributed by atoms with van der Waals surface area (Å²) in [5.74, 6) is -0.275. The lowest BCUT2D eigenvalue weighted by Gasteiger charge is -2.11. The fourth-order valence-electron chi connectivity index (χ4n) is 1.57. The Bertz CT molecular complexity index is 531. The van der Waals surface area contributed by atoms with Crippen molar-refractivity contribution in [1.82, 2.24) is 5.32 Å². The van der Waals surface area contributed by atoms with Gasteiger partial charge in [-0.3, -0.25) is 9.59 Å². The summed E-state index contributed by atoms with van der Waals surface area (Å²) in [7, 11) is 0. The molecule has 92 valence electrons. The van der Waals surface area contributed by atoms with Crippen molar-refractivity contribution in [3.05, 3.63) is 60.1 Å². The van der Waals surface area contributed by atoms with E-state index < -0.39 is 6.04 Å². The molecular formula is C14H13NO3. The number of hydrogen-bond donors (Lipinski definition) is 1. The van der Waals surface area contributed by atoms with Gasteiger partial charge in [0.25, 0.3) is 5.91 Å². The molecule has 0 radical (unpaired) electrons. The van der Waals surface area contributed by atoms with Crippen LogP contribution in [0.2, 0.25) is 0 Å². The second-order valence-electron chi connectivity index (χ2n) is 3.90. The standard InChI is InChI=1S/C14H13NO3/c1-10(13(16)12-8-5-9-18-12)15-14(17)11-6-3-2-4-7-11/h2-10H,1H3,(H,15,17). The summed E-state index contributed by atoms with van der Waals surface area (Å²) in [6.07, 6.45) is 1.43.